The number of amides is 1. The summed E-state index contributed by atoms with van der Waals surface area (Å²) < 4.78 is 33.6. The number of hydrogen-bond donors (Lipinski definition) is 4. The minimum Gasteiger partial charge on any atom is -0.490 e. The van der Waals surface area contributed by atoms with E-state index in [4.69, 9.17) is 4.74 Å². The van der Waals surface area contributed by atoms with Crippen LogP contribution in [0.2, 0.25) is 0 Å². The Hall–Kier alpha value is -2.95. The first-order valence-electron chi connectivity index (χ1n) is 15.1. The number of aliphatic hydroxyl groups is 2. The SMILES string of the molecule is CC(C)(O)CCS(=O)(=O)NC(=O)c1ccc(-c2ccc(CCNC[C@H](O)c3ccccc3)cc2)cc1OC1CCCCC1.Cl. The number of rotatable bonds is 14. The Bertz CT molecular complexity index is 1440. The number of carbonyl (C=O) groups is 1. The minimum atomic E-state index is -3.94. The second-order valence-corrected chi connectivity index (χ2v) is 13.8. The summed E-state index contributed by atoms with van der Waals surface area (Å²) in [5.74, 6) is -0.743. The molecule has 0 spiro atoms. The Balaban J connectivity index is 0.00000529. The third-order valence-electron chi connectivity index (χ3n) is 7.70. The molecule has 1 aliphatic carbocycles. The molecule has 1 atom stereocenters. The standard InChI is InChI=1S/C34H44N2O6S.ClH/c1-34(2,39)20-22-43(40,41)36-33(38)30-18-17-28(23-32(30)42-29-11-7-4-8-12-29)26-15-13-25(14-16-26)19-21-35-24-31(37)27-9-5-3-6-10-27;/h3,5-6,9-10,13-18,23,29,31,35,37,39H,4,7-8,11-12,19-22,24H2,1-2H3,(H,36,38);1H/t31-;/m0./s1. The van der Waals surface area contributed by atoms with E-state index in [1.54, 1.807) is 12.1 Å². The zero-order valence-electron chi connectivity index (χ0n) is 25.5. The van der Waals surface area contributed by atoms with Crippen molar-refractivity contribution < 1.29 is 28.2 Å². The molecule has 1 saturated carbocycles. The van der Waals surface area contributed by atoms with E-state index in [-0.39, 0.29) is 36.2 Å². The summed E-state index contributed by atoms with van der Waals surface area (Å²) in [7, 11) is -3.94. The van der Waals surface area contributed by atoms with E-state index in [1.165, 1.54) is 13.8 Å². The monoisotopic (exact) mass is 644 g/mol. The van der Waals surface area contributed by atoms with E-state index in [2.05, 4.69) is 22.2 Å². The molecule has 10 heteroatoms. The number of aliphatic hydroxyl groups excluding tert-OH is 1. The average molecular weight is 645 g/mol. The van der Waals surface area contributed by atoms with E-state index in [0.29, 0.717) is 12.3 Å². The predicted octanol–water partition coefficient (Wildman–Crippen LogP) is 5.57. The van der Waals surface area contributed by atoms with Crippen molar-refractivity contribution in [1.82, 2.24) is 10.0 Å². The zero-order chi connectivity index (χ0) is 30.9. The molecule has 0 unspecified atom stereocenters. The highest BCUT2D eigenvalue weighted by molar-refractivity contribution is 7.90. The first-order chi connectivity index (χ1) is 20.5. The van der Waals surface area contributed by atoms with Gasteiger partial charge in [0.1, 0.15) is 5.75 Å². The summed E-state index contributed by atoms with van der Waals surface area (Å²) in [6, 6.07) is 23.0. The van der Waals surface area contributed by atoms with Crippen molar-refractivity contribution in [1.29, 1.82) is 0 Å². The fourth-order valence-corrected chi connectivity index (χ4v) is 6.37. The highest BCUT2D eigenvalue weighted by atomic mass is 35.5. The van der Waals surface area contributed by atoms with Crippen molar-refractivity contribution in [3.63, 3.8) is 0 Å². The van der Waals surface area contributed by atoms with Crippen LogP contribution >= 0.6 is 12.4 Å². The Labute approximate surface area is 267 Å². The largest absolute Gasteiger partial charge is 0.490 e. The van der Waals surface area contributed by atoms with E-state index in [0.717, 1.165) is 67.3 Å². The lowest BCUT2D eigenvalue weighted by atomic mass is 9.97. The lowest BCUT2D eigenvalue weighted by Gasteiger charge is -2.24. The van der Waals surface area contributed by atoms with Gasteiger partial charge in [0.2, 0.25) is 10.0 Å². The average Bonchev–Trinajstić information content (AvgIpc) is 2.99. The van der Waals surface area contributed by atoms with Crippen LogP contribution < -0.4 is 14.8 Å². The lowest BCUT2D eigenvalue weighted by Crippen LogP contribution is -2.35. The molecule has 1 fully saturated rings. The van der Waals surface area contributed by atoms with Crippen LogP contribution in [0, 0.1) is 0 Å². The minimum absolute atomic E-state index is 0. The van der Waals surface area contributed by atoms with Crippen molar-refractivity contribution >= 4 is 28.3 Å². The molecular weight excluding hydrogens is 600 g/mol. The molecule has 3 aromatic carbocycles. The van der Waals surface area contributed by atoms with Crippen molar-refractivity contribution in [2.24, 2.45) is 0 Å². The maximum Gasteiger partial charge on any atom is 0.268 e. The number of carbonyl (C=O) groups excluding carboxylic acids is 1. The number of hydrogen-bond acceptors (Lipinski definition) is 7. The summed E-state index contributed by atoms with van der Waals surface area (Å²) in [6.07, 6.45) is 5.27. The Morgan fingerprint density at radius 1 is 0.977 bits per heavy atom. The zero-order valence-corrected chi connectivity index (χ0v) is 27.1. The molecule has 240 valence electrons. The smallest absolute Gasteiger partial charge is 0.268 e. The molecule has 0 aromatic heterocycles. The Morgan fingerprint density at radius 2 is 1.64 bits per heavy atom. The number of benzene rings is 3. The van der Waals surface area contributed by atoms with Gasteiger partial charge in [-0.1, -0.05) is 67.1 Å². The van der Waals surface area contributed by atoms with Crippen LogP contribution in [-0.2, 0) is 16.4 Å². The van der Waals surface area contributed by atoms with Gasteiger partial charge in [0.15, 0.2) is 0 Å². The van der Waals surface area contributed by atoms with Crippen LogP contribution in [0.25, 0.3) is 11.1 Å². The van der Waals surface area contributed by atoms with Gasteiger partial charge in [-0.3, -0.25) is 4.79 Å². The molecule has 1 amide bonds. The van der Waals surface area contributed by atoms with E-state index >= 15 is 0 Å². The molecule has 4 N–H and O–H groups in total. The van der Waals surface area contributed by atoms with E-state index in [9.17, 15) is 23.4 Å². The maximum absolute atomic E-state index is 13.1. The normalized spacial score (nSPS) is 14.8. The molecule has 44 heavy (non-hydrogen) atoms. The Kier molecular flexibility index (Phi) is 13.2. The van der Waals surface area contributed by atoms with Crippen LogP contribution in [0.5, 0.6) is 5.75 Å². The van der Waals surface area contributed by atoms with Gasteiger partial charge >= 0.3 is 0 Å². The molecule has 0 radical (unpaired) electrons. The molecule has 1 aliphatic rings. The Morgan fingerprint density at radius 3 is 2.30 bits per heavy atom. The van der Waals surface area contributed by atoms with Gasteiger partial charge in [0.05, 0.1) is 29.1 Å². The highest BCUT2D eigenvalue weighted by Crippen LogP contribution is 2.31. The van der Waals surface area contributed by atoms with Gasteiger partial charge in [-0.15, -0.1) is 12.4 Å². The molecule has 0 aliphatic heterocycles. The lowest BCUT2D eigenvalue weighted by molar-refractivity contribution is 0.0769. The number of ether oxygens (including phenoxy) is 1. The number of nitrogens with one attached hydrogen (secondary N) is 2. The highest BCUT2D eigenvalue weighted by Gasteiger charge is 2.25. The topological polar surface area (TPSA) is 125 Å². The number of sulfonamides is 1. The van der Waals surface area contributed by atoms with Crippen molar-refractivity contribution in [2.45, 2.75) is 76.6 Å². The molecular formula is C34H45ClN2O6S. The van der Waals surface area contributed by atoms with Crippen molar-refractivity contribution in [3.8, 4) is 16.9 Å². The predicted molar refractivity (Wildman–Crippen MR) is 177 cm³/mol. The quantitative estimate of drug-likeness (QED) is 0.169. The molecule has 0 bridgehead atoms. The fraction of sp³-hybridized carbons (Fsp3) is 0.441. The van der Waals surface area contributed by atoms with Crippen LogP contribution in [0.15, 0.2) is 72.8 Å². The summed E-state index contributed by atoms with van der Waals surface area (Å²) in [5, 5.41) is 23.6. The summed E-state index contributed by atoms with van der Waals surface area (Å²) >= 11 is 0. The van der Waals surface area contributed by atoms with Gasteiger partial charge in [0.25, 0.3) is 5.91 Å². The first kappa shape index (κ1) is 35.5. The summed E-state index contributed by atoms with van der Waals surface area (Å²) in [5.41, 5.74) is 2.86. The number of halogens is 1. The van der Waals surface area contributed by atoms with Crippen LogP contribution in [-0.4, -0.2) is 55.1 Å². The van der Waals surface area contributed by atoms with Gasteiger partial charge in [-0.05, 0) is 93.3 Å². The molecule has 0 saturated heterocycles. The van der Waals surface area contributed by atoms with Crippen LogP contribution in [0.1, 0.15) is 80.0 Å². The van der Waals surface area contributed by atoms with Crippen LogP contribution in [0.4, 0.5) is 0 Å². The van der Waals surface area contributed by atoms with Crippen molar-refractivity contribution in [2.75, 3.05) is 18.8 Å². The fourth-order valence-electron chi connectivity index (χ4n) is 5.11. The van der Waals surface area contributed by atoms with Gasteiger partial charge in [0, 0.05) is 6.54 Å². The van der Waals surface area contributed by atoms with Gasteiger partial charge in [-0.25, -0.2) is 13.1 Å². The third kappa shape index (κ3) is 11.2. The molecule has 0 heterocycles. The second kappa shape index (κ2) is 16.4. The van der Waals surface area contributed by atoms with Crippen LogP contribution in [0.3, 0.4) is 0 Å². The maximum atomic E-state index is 13.1. The third-order valence-corrected chi connectivity index (χ3v) is 8.94. The van der Waals surface area contributed by atoms with E-state index < -0.39 is 27.6 Å². The first-order valence-corrected chi connectivity index (χ1v) is 16.8. The van der Waals surface area contributed by atoms with Crippen molar-refractivity contribution in [3.05, 3.63) is 89.5 Å². The van der Waals surface area contributed by atoms with Gasteiger partial charge < -0.3 is 20.3 Å². The summed E-state index contributed by atoms with van der Waals surface area (Å²) in [4.78, 5) is 13.1. The molecule has 4 rings (SSSR count). The van der Waals surface area contributed by atoms with E-state index in [1.807, 2.05) is 48.5 Å². The summed E-state index contributed by atoms with van der Waals surface area (Å²) in [6.45, 7) is 4.26. The molecule has 3 aromatic rings. The molecule has 8 nitrogen and oxygen atoms in total. The van der Waals surface area contributed by atoms with Gasteiger partial charge in [-0.2, -0.15) is 0 Å². The second-order valence-electron chi connectivity index (χ2n) is 12.0.